The molecule has 1 saturated heterocycles. The fourth-order valence-corrected chi connectivity index (χ4v) is 2.79. The second-order valence-electron chi connectivity index (χ2n) is 6.12. The highest BCUT2D eigenvalue weighted by molar-refractivity contribution is 5.95. The maximum Gasteiger partial charge on any atom is 0.251 e. The molecule has 5 heteroatoms. The van der Waals surface area contributed by atoms with Crippen LogP contribution in [0.25, 0.3) is 0 Å². The van der Waals surface area contributed by atoms with Gasteiger partial charge in [-0.25, -0.2) is 4.98 Å². The first kappa shape index (κ1) is 16.5. The molecule has 1 fully saturated rings. The van der Waals surface area contributed by atoms with Gasteiger partial charge in [-0.1, -0.05) is 17.7 Å². The van der Waals surface area contributed by atoms with Crippen molar-refractivity contribution < 1.29 is 9.53 Å². The number of benzene rings is 1. The molecule has 1 N–H and O–H groups in total. The lowest BCUT2D eigenvalue weighted by molar-refractivity contribution is 0.0950. The van der Waals surface area contributed by atoms with E-state index in [1.807, 2.05) is 44.2 Å². The molecule has 1 aliphatic heterocycles. The normalized spacial score (nSPS) is 14.5. The van der Waals surface area contributed by atoms with Crippen LogP contribution in [0.2, 0.25) is 0 Å². The maximum absolute atomic E-state index is 12.4. The quantitative estimate of drug-likeness (QED) is 0.938. The van der Waals surface area contributed by atoms with E-state index in [0.717, 1.165) is 54.4 Å². The van der Waals surface area contributed by atoms with Crippen molar-refractivity contribution in [2.75, 3.05) is 31.2 Å². The van der Waals surface area contributed by atoms with Crippen LogP contribution in [0.15, 0.2) is 36.5 Å². The van der Waals surface area contributed by atoms with Gasteiger partial charge >= 0.3 is 0 Å². The third-order valence-corrected chi connectivity index (χ3v) is 4.24. The van der Waals surface area contributed by atoms with Crippen molar-refractivity contribution in [2.24, 2.45) is 0 Å². The van der Waals surface area contributed by atoms with Gasteiger partial charge in [0.1, 0.15) is 5.82 Å². The Balaban J connectivity index is 1.66. The zero-order valence-corrected chi connectivity index (χ0v) is 14.2. The zero-order chi connectivity index (χ0) is 16.9. The summed E-state index contributed by atoms with van der Waals surface area (Å²) in [6, 6.07) is 9.90. The van der Waals surface area contributed by atoms with Gasteiger partial charge in [0.2, 0.25) is 0 Å². The zero-order valence-electron chi connectivity index (χ0n) is 14.2. The number of aromatic nitrogens is 1. The van der Waals surface area contributed by atoms with E-state index in [-0.39, 0.29) is 5.91 Å². The largest absolute Gasteiger partial charge is 0.378 e. The van der Waals surface area contributed by atoms with Crippen LogP contribution in [0.3, 0.4) is 0 Å². The Bertz CT molecular complexity index is 724. The van der Waals surface area contributed by atoms with Crippen molar-refractivity contribution >= 4 is 11.7 Å². The Hall–Kier alpha value is -2.40. The third-order valence-electron chi connectivity index (χ3n) is 4.24. The molecule has 5 nitrogen and oxygen atoms in total. The summed E-state index contributed by atoms with van der Waals surface area (Å²) in [7, 11) is 0. The Morgan fingerprint density at radius 1 is 1.21 bits per heavy atom. The number of hydrogen-bond acceptors (Lipinski definition) is 4. The van der Waals surface area contributed by atoms with E-state index in [0.29, 0.717) is 6.54 Å². The number of rotatable bonds is 4. The van der Waals surface area contributed by atoms with Crippen LogP contribution in [-0.4, -0.2) is 37.2 Å². The van der Waals surface area contributed by atoms with Gasteiger partial charge in [0, 0.05) is 31.4 Å². The third kappa shape index (κ3) is 3.92. The predicted molar refractivity (Wildman–Crippen MR) is 94.4 cm³/mol. The average molecular weight is 325 g/mol. The minimum atomic E-state index is -0.0408. The minimum Gasteiger partial charge on any atom is -0.378 e. The van der Waals surface area contributed by atoms with E-state index >= 15 is 0 Å². The van der Waals surface area contributed by atoms with Gasteiger partial charge < -0.3 is 15.0 Å². The average Bonchev–Trinajstić information content (AvgIpc) is 2.63. The van der Waals surface area contributed by atoms with Gasteiger partial charge in [-0.15, -0.1) is 0 Å². The van der Waals surface area contributed by atoms with Crippen LogP contribution in [0.5, 0.6) is 0 Å². The fraction of sp³-hybridized carbons (Fsp3) is 0.368. The number of pyridine rings is 1. The number of morpholine rings is 1. The lowest BCUT2D eigenvalue weighted by atomic mass is 10.1. The van der Waals surface area contributed by atoms with Crippen molar-refractivity contribution in [1.82, 2.24) is 10.3 Å². The summed E-state index contributed by atoms with van der Waals surface area (Å²) in [5, 5.41) is 3.00. The standard InChI is InChI=1S/C19H23N3O2/c1-14-3-4-15(2)17(11-14)19(23)21-13-16-5-6-20-18(12-16)22-7-9-24-10-8-22/h3-6,11-12H,7-10,13H2,1-2H3,(H,21,23). The van der Waals surface area contributed by atoms with Gasteiger partial charge in [-0.3, -0.25) is 4.79 Å². The lowest BCUT2D eigenvalue weighted by Crippen LogP contribution is -2.36. The number of anilines is 1. The molecule has 2 aromatic rings. The smallest absolute Gasteiger partial charge is 0.251 e. The summed E-state index contributed by atoms with van der Waals surface area (Å²) in [4.78, 5) is 19.1. The first-order chi connectivity index (χ1) is 11.6. The molecule has 126 valence electrons. The molecular formula is C19H23N3O2. The summed E-state index contributed by atoms with van der Waals surface area (Å²) in [6.07, 6.45) is 1.80. The molecule has 0 spiro atoms. The number of nitrogens with zero attached hydrogens (tertiary/aromatic N) is 2. The number of carbonyl (C=O) groups is 1. The molecule has 24 heavy (non-hydrogen) atoms. The van der Waals surface area contributed by atoms with Crippen LogP contribution < -0.4 is 10.2 Å². The molecule has 0 bridgehead atoms. The number of amides is 1. The van der Waals surface area contributed by atoms with Crippen molar-refractivity contribution in [1.29, 1.82) is 0 Å². The van der Waals surface area contributed by atoms with Crippen LogP contribution in [0.1, 0.15) is 27.0 Å². The Kier molecular flexibility index (Phi) is 5.11. The minimum absolute atomic E-state index is 0.0408. The van der Waals surface area contributed by atoms with Crippen LogP contribution >= 0.6 is 0 Å². The van der Waals surface area contributed by atoms with E-state index < -0.39 is 0 Å². The molecular weight excluding hydrogens is 302 g/mol. The monoisotopic (exact) mass is 325 g/mol. The van der Waals surface area contributed by atoms with Crippen LogP contribution in [-0.2, 0) is 11.3 Å². The topological polar surface area (TPSA) is 54.5 Å². The molecule has 3 rings (SSSR count). The molecule has 0 radical (unpaired) electrons. The van der Waals surface area contributed by atoms with Crippen molar-refractivity contribution in [3.05, 3.63) is 58.8 Å². The molecule has 0 saturated carbocycles. The predicted octanol–water partition coefficient (Wildman–Crippen LogP) is 2.47. The molecule has 2 heterocycles. The fourth-order valence-electron chi connectivity index (χ4n) is 2.79. The summed E-state index contributed by atoms with van der Waals surface area (Å²) in [6.45, 7) is 7.61. The van der Waals surface area contributed by atoms with Gasteiger partial charge in [0.25, 0.3) is 5.91 Å². The second-order valence-corrected chi connectivity index (χ2v) is 6.12. The molecule has 0 aliphatic carbocycles. The Morgan fingerprint density at radius 3 is 2.79 bits per heavy atom. The highest BCUT2D eigenvalue weighted by atomic mass is 16.5. The summed E-state index contributed by atoms with van der Waals surface area (Å²) in [5.74, 6) is 0.901. The van der Waals surface area contributed by atoms with Gasteiger partial charge in [-0.05, 0) is 43.2 Å². The van der Waals surface area contributed by atoms with E-state index in [1.54, 1.807) is 6.20 Å². The lowest BCUT2D eigenvalue weighted by Gasteiger charge is -2.28. The summed E-state index contributed by atoms with van der Waals surface area (Å²) < 4.78 is 5.37. The molecule has 1 aromatic heterocycles. The van der Waals surface area contributed by atoms with E-state index in [9.17, 15) is 4.79 Å². The van der Waals surface area contributed by atoms with Crippen molar-refractivity contribution in [3.63, 3.8) is 0 Å². The number of carbonyl (C=O) groups excluding carboxylic acids is 1. The number of nitrogens with one attached hydrogen (secondary N) is 1. The summed E-state index contributed by atoms with van der Waals surface area (Å²) >= 11 is 0. The van der Waals surface area contributed by atoms with E-state index in [4.69, 9.17) is 4.74 Å². The molecule has 1 amide bonds. The highest BCUT2D eigenvalue weighted by Crippen LogP contribution is 2.15. The first-order valence-corrected chi connectivity index (χ1v) is 8.26. The summed E-state index contributed by atoms with van der Waals surface area (Å²) in [5.41, 5.74) is 3.86. The van der Waals surface area contributed by atoms with Crippen molar-refractivity contribution in [2.45, 2.75) is 20.4 Å². The van der Waals surface area contributed by atoms with Gasteiger partial charge in [0.05, 0.1) is 13.2 Å². The highest BCUT2D eigenvalue weighted by Gasteiger charge is 2.13. The molecule has 0 atom stereocenters. The van der Waals surface area contributed by atoms with E-state index in [1.165, 1.54) is 0 Å². The molecule has 1 aliphatic rings. The molecule has 1 aromatic carbocycles. The maximum atomic E-state index is 12.4. The Labute approximate surface area is 142 Å². The van der Waals surface area contributed by atoms with Crippen LogP contribution in [0, 0.1) is 13.8 Å². The number of hydrogen-bond donors (Lipinski definition) is 1. The number of aryl methyl sites for hydroxylation is 2. The number of ether oxygens (including phenoxy) is 1. The molecule has 0 unspecified atom stereocenters. The Morgan fingerprint density at radius 2 is 2.00 bits per heavy atom. The first-order valence-electron chi connectivity index (χ1n) is 8.26. The van der Waals surface area contributed by atoms with Crippen LogP contribution in [0.4, 0.5) is 5.82 Å². The van der Waals surface area contributed by atoms with E-state index in [2.05, 4.69) is 15.2 Å². The van der Waals surface area contributed by atoms with Gasteiger partial charge in [-0.2, -0.15) is 0 Å². The van der Waals surface area contributed by atoms with Crippen molar-refractivity contribution in [3.8, 4) is 0 Å². The van der Waals surface area contributed by atoms with Gasteiger partial charge in [0.15, 0.2) is 0 Å². The SMILES string of the molecule is Cc1ccc(C)c(C(=O)NCc2ccnc(N3CCOCC3)c2)c1. The second kappa shape index (κ2) is 7.45.